The average Bonchev–Trinajstić information content (AvgIpc) is 2.16. The highest BCUT2D eigenvalue weighted by molar-refractivity contribution is 5.33. The molecule has 2 nitrogen and oxygen atoms in total. The fraction of sp³-hybridized carbons (Fsp3) is 0.400. The number of hydrogen-bond acceptors (Lipinski definition) is 2. The Kier molecular flexibility index (Phi) is 3.96. The Morgan fingerprint density at radius 1 is 1.27 bits per heavy atom. The Morgan fingerprint density at radius 2 is 1.93 bits per heavy atom. The van der Waals surface area contributed by atoms with Gasteiger partial charge in [0.1, 0.15) is 5.75 Å². The number of halogens is 3. The molecule has 0 unspecified atom stereocenters. The molecule has 0 atom stereocenters. The number of alkyl halides is 3. The minimum absolute atomic E-state index is 0.268. The van der Waals surface area contributed by atoms with Gasteiger partial charge in [0.2, 0.25) is 0 Å². The van der Waals surface area contributed by atoms with E-state index in [1.807, 2.05) is 0 Å². The van der Waals surface area contributed by atoms with Crippen LogP contribution in [0.25, 0.3) is 0 Å². The molecule has 0 bridgehead atoms. The second-order valence-electron chi connectivity index (χ2n) is 3.04. The van der Waals surface area contributed by atoms with Crippen molar-refractivity contribution in [1.29, 1.82) is 0 Å². The summed E-state index contributed by atoms with van der Waals surface area (Å²) < 4.78 is 40.4. The summed E-state index contributed by atoms with van der Waals surface area (Å²) in [6, 6.07) is 6.65. The molecule has 1 aromatic rings. The number of ether oxygens (including phenoxy) is 1. The molecular weight excluding hydrogens is 207 g/mol. The lowest BCUT2D eigenvalue weighted by Gasteiger charge is -2.12. The molecule has 0 radical (unpaired) electrons. The standard InChI is InChI=1S/C10H12F3NO/c1-14-6-8-4-2-3-5-9(8)15-7-10(11,12)13/h2-5,14H,6-7H2,1H3. The molecule has 84 valence electrons. The largest absolute Gasteiger partial charge is 0.484 e. The SMILES string of the molecule is CNCc1ccccc1OCC(F)(F)F. The van der Waals surface area contributed by atoms with Gasteiger partial charge in [0.15, 0.2) is 6.61 Å². The molecule has 0 saturated carbocycles. The lowest BCUT2D eigenvalue weighted by atomic mass is 10.2. The summed E-state index contributed by atoms with van der Waals surface area (Å²) in [5.41, 5.74) is 0.712. The van der Waals surface area contributed by atoms with Gasteiger partial charge in [-0.05, 0) is 13.1 Å². The van der Waals surface area contributed by atoms with Crippen molar-refractivity contribution in [3.63, 3.8) is 0 Å². The monoisotopic (exact) mass is 219 g/mol. The molecule has 0 aliphatic carbocycles. The molecule has 15 heavy (non-hydrogen) atoms. The van der Waals surface area contributed by atoms with Gasteiger partial charge < -0.3 is 10.1 Å². The summed E-state index contributed by atoms with van der Waals surface area (Å²) >= 11 is 0. The van der Waals surface area contributed by atoms with Gasteiger partial charge in [0.25, 0.3) is 0 Å². The van der Waals surface area contributed by atoms with Crippen LogP contribution in [-0.2, 0) is 6.54 Å². The zero-order valence-corrected chi connectivity index (χ0v) is 8.27. The Morgan fingerprint density at radius 3 is 2.53 bits per heavy atom. The van der Waals surface area contributed by atoms with E-state index in [0.717, 1.165) is 0 Å². The van der Waals surface area contributed by atoms with Crippen molar-refractivity contribution in [2.24, 2.45) is 0 Å². The second kappa shape index (κ2) is 5.02. The van der Waals surface area contributed by atoms with E-state index in [4.69, 9.17) is 0 Å². The molecule has 0 fully saturated rings. The minimum Gasteiger partial charge on any atom is -0.484 e. The van der Waals surface area contributed by atoms with Crippen molar-refractivity contribution in [2.75, 3.05) is 13.7 Å². The maximum atomic E-state index is 11.9. The van der Waals surface area contributed by atoms with Gasteiger partial charge in [0, 0.05) is 12.1 Å². The van der Waals surface area contributed by atoms with Gasteiger partial charge in [-0.3, -0.25) is 0 Å². The molecular formula is C10H12F3NO. The first-order valence-electron chi connectivity index (χ1n) is 4.45. The maximum absolute atomic E-state index is 11.9. The van der Waals surface area contributed by atoms with Crippen molar-refractivity contribution in [1.82, 2.24) is 5.32 Å². The van der Waals surface area contributed by atoms with E-state index in [1.165, 1.54) is 6.07 Å². The third kappa shape index (κ3) is 4.20. The highest BCUT2D eigenvalue weighted by atomic mass is 19.4. The van der Waals surface area contributed by atoms with Crippen LogP contribution in [0, 0.1) is 0 Å². The third-order valence-electron chi connectivity index (χ3n) is 1.73. The molecule has 1 rings (SSSR count). The minimum atomic E-state index is -4.30. The topological polar surface area (TPSA) is 21.3 Å². The quantitative estimate of drug-likeness (QED) is 0.839. The fourth-order valence-electron chi connectivity index (χ4n) is 1.14. The van der Waals surface area contributed by atoms with Crippen LogP contribution in [0.5, 0.6) is 5.75 Å². The molecule has 0 spiro atoms. The summed E-state index contributed by atoms with van der Waals surface area (Å²) in [6.07, 6.45) is -4.30. The van der Waals surface area contributed by atoms with Gasteiger partial charge in [-0.1, -0.05) is 18.2 Å². The Bertz CT molecular complexity index is 312. The molecule has 0 heterocycles. The number of hydrogen-bond donors (Lipinski definition) is 1. The first-order chi connectivity index (χ1) is 7.03. The molecule has 0 saturated heterocycles. The first-order valence-corrected chi connectivity index (χ1v) is 4.45. The third-order valence-corrected chi connectivity index (χ3v) is 1.73. The van der Waals surface area contributed by atoms with Crippen molar-refractivity contribution < 1.29 is 17.9 Å². The Balaban J connectivity index is 2.67. The van der Waals surface area contributed by atoms with Crippen molar-refractivity contribution in [3.05, 3.63) is 29.8 Å². The van der Waals surface area contributed by atoms with E-state index in [2.05, 4.69) is 10.1 Å². The van der Waals surface area contributed by atoms with E-state index in [-0.39, 0.29) is 5.75 Å². The summed E-state index contributed by atoms with van der Waals surface area (Å²) in [5, 5.41) is 2.86. The van der Waals surface area contributed by atoms with E-state index in [1.54, 1.807) is 25.2 Å². The van der Waals surface area contributed by atoms with Crippen LogP contribution in [0.4, 0.5) is 13.2 Å². The average molecular weight is 219 g/mol. The highest BCUT2D eigenvalue weighted by Gasteiger charge is 2.28. The van der Waals surface area contributed by atoms with Crippen molar-refractivity contribution in [2.45, 2.75) is 12.7 Å². The predicted molar refractivity (Wildman–Crippen MR) is 50.8 cm³/mol. The molecule has 0 aliphatic rings. The van der Waals surface area contributed by atoms with Crippen LogP contribution in [0.2, 0.25) is 0 Å². The Hall–Kier alpha value is -1.23. The summed E-state index contributed by atoms with van der Waals surface area (Å²) in [4.78, 5) is 0. The van der Waals surface area contributed by atoms with Crippen LogP contribution < -0.4 is 10.1 Å². The van der Waals surface area contributed by atoms with Gasteiger partial charge in [-0.15, -0.1) is 0 Å². The summed E-state index contributed by atoms with van der Waals surface area (Å²) in [5.74, 6) is 0.268. The maximum Gasteiger partial charge on any atom is 0.422 e. The van der Waals surface area contributed by atoms with Gasteiger partial charge in [0.05, 0.1) is 0 Å². The van der Waals surface area contributed by atoms with Crippen molar-refractivity contribution in [3.8, 4) is 5.75 Å². The fourth-order valence-corrected chi connectivity index (χ4v) is 1.14. The van der Waals surface area contributed by atoms with Crippen LogP contribution in [0.3, 0.4) is 0 Å². The molecule has 0 aromatic heterocycles. The molecule has 1 N–H and O–H groups in total. The smallest absolute Gasteiger partial charge is 0.422 e. The predicted octanol–water partition coefficient (Wildman–Crippen LogP) is 2.35. The van der Waals surface area contributed by atoms with Crippen LogP contribution >= 0.6 is 0 Å². The zero-order valence-electron chi connectivity index (χ0n) is 8.27. The lowest BCUT2D eigenvalue weighted by molar-refractivity contribution is -0.153. The molecule has 1 aromatic carbocycles. The number of nitrogens with one attached hydrogen (secondary N) is 1. The second-order valence-corrected chi connectivity index (χ2v) is 3.04. The summed E-state index contributed by atoms with van der Waals surface area (Å²) in [6.45, 7) is -0.776. The van der Waals surface area contributed by atoms with E-state index in [9.17, 15) is 13.2 Å². The van der Waals surface area contributed by atoms with E-state index >= 15 is 0 Å². The molecule has 0 amide bonds. The van der Waals surface area contributed by atoms with Crippen LogP contribution in [0.15, 0.2) is 24.3 Å². The molecule has 5 heteroatoms. The van der Waals surface area contributed by atoms with E-state index < -0.39 is 12.8 Å². The Labute approximate surface area is 86.1 Å². The summed E-state index contributed by atoms with van der Waals surface area (Å²) in [7, 11) is 1.72. The highest BCUT2D eigenvalue weighted by Crippen LogP contribution is 2.21. The van der Waals surface area contributed by atoms with Gasteiger partial charge in [-0.25, -0.2) is 0 Å². The molecule has 0 aliphatic heterocycles. The zero-order chi connectivity index (χ0) is 11.3. The number of para-hydroxylation sites is 1. The lowest BCUT2D eigenvalue weighted by Crippen LogP contribution is -2.20. The number of benzene rings is 1. The number of rotatable bonds is 4. The van der Waals surface area contributed by atoms with Crippen molar-refractivity contribution >= 4 is 0 Å². The van der Waals surface area contributed by atoms with Gasteiger partial charge >= 0.3 is 6.18 Å². The normalized spacial score (nSPS) is 11.5. The van der Waals surface area contributed by atoms with E-state index in [0.29, 0.717) is 12.1 Å². The van der Waals surface area contributed by atoms with Crippen LogP contribution in [0.1, 0.15) is 5.56 Å². The van der Waals surface area contributed by atoms with Gasteiger partial charge in [-0.2, -0.15) is 13.2 Å². The first kappa shape index (κ1) is 11.8. The van der Waals surface area contributed by atoms with Crippen LogP contribution in [-0.4, -0.2) is 19.8 Å².